The molecule has 27 heavy (non-hydrogen) atoms. The summed E-state index contributed by atoms with van der Waals surface area (Å²) in [5.41, 5.74) is 2.67. The van der Waals surface area contributed by atoms with Gasteiger partial charge < -0.3 is 14.7 Å². The monoisotopic (exact) mass is 368 g/mol. The van der Waals surface area contributed by atoms with Crippen molar-refractivity contribution >= 4 is 5.82 Å². The maximum Gasteiger partial charge on any atom is 0.128 e. The smallest absolute Gasteiger partial charge is 0.128 e. The molecule has 5 heteroatoms. The van der Waals surface area contributed by atoms with Gasteiger partial charge in [-0.3, -0.25) is 0 Å². The molecule has 2 aliphatic carbocycles. The average molecular weight is 368 g/mol. The van der Waals surface area contributed by atoms with E-state index in [2.05, 4.69) is 17.0 Å². The first-order valence-corrected chi connectivity index (χ1v) is 10.00. The van der Waals surface area contributed by atoms with E-state index in [9.17, 15) is 9.50 Å². The van der Waals surface area contributed by atoms with Gasteiger partial charge >= 0.3 is 0 Å². The molecule has 0 radical (unpaired) electrons. The minimum atomic E-state index is -0.482. The normalized spacial score (nSPS) is 29.5. The molecule has 0 spiro atoms. The summed E-state index contributed by atoms with van der Waals surface area (Å²) in [5, 5.41) is 10.6. The van der Waals surface area contributed by atoms with Crippen LogP contribution in [0.15, 0.2) is 36.4 Å². The predicted molar refractivity (Wildman–Crippen MR) is 102 cm³/mol. The van der Waals surface area contributed by atoms with Gasteiger partial charge in [0, 0.05) is 18.8 Å². The van der Waals surface area contributed by atoms with Crippen molar-refractivity contribution in [2.75, 3.05) is 18.0 Å². The Hall–Kier alpha value is -2.14. The van der Waals surface area contributed by atoms with Gasteiger partial charge in [-0.1, -0.05) is 6.07 Å². The van der Waals surface area contributed by atoms with Crippen molar-refractivity contribution in [1.29, 1.82) is 0 Å². The van der Waals surface area contributed by atoms with Crippen LogP contribution in [0.25, 0.3) is 0 Å². The minimum Gasteiger partial charge on any atom is -0.488 e. The third-order valence-corrected chi connectivity index (χ3v) is 6.42. The highest BCUT2D eigenvalue weighted by Gasteiger charge is 2.43. The van der Waals surface area contributed by atoms with Gasteiger partial charge in [-0.2, -0.15) is 0 Å². The molecule has 1 saturated heterocycles. The van der Waals surface area contributed by atoms with Crippen molar-refractivity contribution in [2.45, 2.75) is 44.3 Å². The standard InChI is InChI=1S/C22H25FN2O2/c23-17-5-7-18(8-6-17)27-21-11-16-13-25(12-15(16)10-20(21)26)22-9-4-14-2-1-3-19(14)24-22/h4-9,15-16,20-21,26H,1-3,10-13H2/t15-,16+,20+,21+/m0/s1. The zero-order chi connectivity index (χ0) is 18.4. The van der Waals surface area contributed by atoms with Crippen LogP contribution in [-0.4, -0.2) is 35.4 Å². The molecule has 2 fully saturated rings. The summed E-state index contributed by atoms with van der Waals surface area (Å²) in [6.45, 7) is 1.92. The molecule has 4 atom stereocenters. The molecule has 1 N–H and O–H groups in total. The van der Waals surface area contributed by atoms with Crippen molar-refractivity contribution < 1.29 is 14.2 Å². The molecule has 0 amide bonds. The Bertz CT molecular complexity index is 826. The van der Waals surface area contributed by atoms with Crippen LogP contribution in [-0.2, 0) is 12.8 Å². The molecule has 1 aromatic carbocycles. The number of aliphatic hydroxyl groups excluding tert-OH is 1. The molecule has 0 unspecified atom stereocenters. The molecule has 4 nitrogen and oxygen atoms in total. The van der Waals surface area contributed by atoms with E-state index in [-0.39, 0.29) is 11.9 Å². The Kier molecular flexibility index (Phi) is 4.27. The van der Waals surface area contributed by atoms with E-state index in [1.54, 1.807) is 12.1 Å². The lowest BCUT2D eigenvalue weighted by Crippen LogP contribution is -2.42. The van der Waals surface area contributed by atoms with Crippen LogP contribution < -0.4 is 9.64 Å². The van der Waals surface area contributed by atoms with Gasteiger partial charge in [0.15, 0.2) is 0 Å². The number of benzene rings is 1. The van der Waals surface area contributed by atoms with E-state index < -0.39 is 6.10 Å². The number of aromatic nitrogens is 1. The SMILES string of the molecule is O[C@@H]1C[C@H]2CN(c3ccc4c(n3)CCC4)C[C@H]2C[C@H]1Oc1ccc(F)cc1. The number of rotatable bonds is 3. The van der Waals surface area contributed by atoms with Crippen molar-refractivity contribution in [3.63, 3.8) is 0 Å². The number of ether oxygens (including phenoxy) is 1. The summed E-state index contributed by atoms with van der Waals surface area (Å²) >= 11 is 0. The van der Waals surface area contributed by atoms with Crippen molar-refractivity contribution in [3.05, 3.63) is 53.5 Å². The summed E-state index contributed by atoms with van der Waals surface area (Å²) < 4.78 is 19.1. The van der Waals surface area contributed by atoms with E-state index in [1.165, 1.54) is 29.8 Å². The van der Waals surface area contributed by atoms with E-state index in [0.29, 0.717) is 17.6 Å². The lowest BCUT2D eigenvalue weighted by atomic mass is 9.78. The molecule has 5 rings (SSSR count). The number of nitrogens with zero attached hydrogens (tertiary/aromatic N) is 2. The Balaban J connectivity index is 1.27. The number of anilines is 1. The molecular weight excluding hydrogens is 343 g/mol. The minimum absolute atomic E-state index is 0.232. The third-order valence-electron chi connectivity index (χ3n) is 6.42. The van der Waals surface area contributed by atoms with Crippen LogP contribution in [0.5, 0.6) is 5.75 Å². The van der Waals surface area contributed by atoms with Gasteiger partial charge in [0.2, 0.25) is 0 Å². The van der Waals surface area contributed by atoms with Crippen molar-refractivity contribution in [1.82, 2.24) is 4.98 Å². The van der Waals surface area contributed by atoms with Gasteiger partial charge in [-0.25, -0.2) is 9.37 Å². The lowest BCUT2D eigenvalue weighted by Gasteiger charge is -2.35. The Morgan fingerprint density at radius 3 is 2.59 bits per heavy atom. The first-order valence-electron chi connectivity index (χ1n) is 10.00. The number of aryl methyl sites for hydroxylation is 2. The molecule has 3 aliphatic rings. The number of hydrogen-bond donors (Lipinski definition) is 1. The molecular formula is C22H25FN2O2. The van der Waals surface area contributed by atoms with Crippen LogP contribution >= 0.6 is 0 Å². The first kappa shape index (κ1) is 17.0. The summed E-state index contributed by atoms with van der Waals surface area (Å²) in [7, 11) is 0. The second-order valence-electron chi connectivity index (χ2n) is 8.20. The van der Waals surface area contributed by atoms with Gasteiger partial charge in [-0.05, 0) is 79.8 Å². The van der Waals surface area contributed by atoms with Gasteiger partial charge in [0.25, 0.3) is 0 Å². The fourth-order valence-corrected chi connectivity index (χ4v) is 4.98. The van der Waals surface area contributed by atoms with E-state index in [1.807, 2.05) is 0 Å². The number of halogens is 1. The number of pyridine rings is 1. The van der Waals surface area contributed by atoms with Crippen LogP contribution in [0.1, 0.15) is 30.5 Å². The number of aliphatic hydroxyl groups is 1. The Labute approximate surface area is 159 Å². The molecule has 0 bridgehead atoms. The van der Waals surface area contributed by atoms with Gasteiger partial charge in [-0.15, -0.1) is 0 Å². The summed E-state index contributed by atoms with van der Waals surface area (Å²) in [6.07, 6.45) is 4.32. The Morgan fingerprint density at radius 2 is 1.78 bits per heavy atom. The lowest BCUT2D eigenvalue weighted by molar-refractivity contribution is -0.0231. The summed E-state index contributed by atoms with van der Waals surface area (Å²) in [4.78, 5) is 7.28. The number of fused-ring (bicyclic) bond motifs is 2. The fourth-order valence-electron chi connectivity index (χ4n) is 4.98. The highest BCUT2D eigenvalue weighted by molar-refractivity contribution is 5.44. The summed E-state index contributed by atoms with van der Waals surface area (Å²) in [5.74, 6) is 2.39. The predicted octanol–water partition coefficient (Wildman–Crippen LogP) is 3.36. The quantitative estimate of drug-likeness (QED) is 0.902. The Morgan fingerprint density at radius 1 is 1.00 bits per heavy atom. The van der Waals surface area contributed by atoms with Crippen LogP contribution in [0.2, 0.25) is 0 Å². The largest absolute Gasteiger partial charge is 0.488 e. The zero-order valence-electron chi connectivity index (χ0n) is 15.4. The maximum atomic E-state index is 13.1. The van der Waals surface area contributed by atoms with Gasteiger partial charge in [0.05, 0.1) is 6.10 Å². The van der Waals surface area contributed by atoms with Gasteiger partial charge in [0.1, 0.15) is 23.5 Å². The number of hydrogen-bond acceptors (Lipinski definition) is 4. The zero-order valence-corrected chi connectivity index (χ0v) is 15.4. The van der Waals surface area contributed by atoms with E-state index in [0.717, 1.165) is 44.6 Å². The highest BCUT2D eigenvalue weighted by Crippen LogP contribution is 2.39. The second kappa shape index (κ2) is 6.79. The highest BCUT2D eigenvalue weighted by atomic mass is 19.1. The third kappa shape index (κ3) is 3.29. The van der Waals surface area contributed by atoms with E-state index >= 15 is 0 Å². The van der Waals surface area contributed by atoms with Crippen molar-refractivity contribution in [3.8, 4) is 5.75 Å². The second-order valence-corrected chi connectivity index (χ2v) is 8.20. The van der Waals surface area contributed by atoms with Crippen LogP contribution in [0, 0.1) is 17.7 Å². The molecule has 2 heterocycles. The summed E-state index contributed by atoms with van der Waals surface area (Å²) in [6, 6.07) is 10.4. The molecule has 2 aromatic rings. The van der Waals surface area contributed by atoms with Crippen LogP contribution in [0.3, 0.4) is 0 Å². The molecule has 142 valence electrons. The maximum absolute atomic E-state index is 13.1. The first-order chi connectivity index (χ1) is 13.2. The van der Waals surface area contributed by atoms with E-state index in [4.69, 9.17) is 9.72 Å². The van der Waals surface area contributed by atoms with Crippen LogP contribution in [0.4, 0.5) is 10.2 Å². The topological polar surface area (TPSA) is 45.6 Å². The molecule has 1 aliphatic heterocycles. The molecule has 1 saturated carbocycles. The average Bonchev–Trinajstić information content (AvgIpc) is 3.29. The molecule has 1 aromatic heterocycles. The fraction of sp³-hybridized carbons (Fsp3) is 0.500. The van der Waals surface area contributed by atoms with Crippen molar-refractivity contribution in [2.24, 2.45) is 11.8 Å².